The van der Waals surface area contributed by atoms with Crippen LogP contribution in [0.25, 0.3) is 0 Å². The van der Waals surface area contributed by atoms with Crippen molar-refractivity contribution in [3.8, 4) is 0 Å². The topological polar surface area (TPSA) is 32.3 Å². The number of aryl methyl sites for hydroxylation is 1. The van der Waals surface area contributed by atoms with Gasteiger partial charge in [0.15, 0.2) is 0 Å². The molecular formula is C15H22N2O. The van der Waals surface area contributed by atoms with Gasteiger partial charge in [-0.05, 0) is 45.4 Å². The summed E-state index contributed by atoms with van der Waals surface area (Å²) in [6.45, 7) is 8.87. The van der Waals surface area contributed by atoms with E-state index in [1.165, 1.54) is 0 Å². The minimum Gasteiger partial charge on any atom is -0.337 e. The zero-order chi connectivity index (χ0) is 13.2. The molecule has 2 rings (SSSR count). The van der Waals surface area contributed by atoms with E-state index in [0.29, 0.717) is 0 Å². The molecule has 0 atom stereocenters. The molecule has 1 amide bonds. The number of carbonyl (C=O) groups is 1. The third kappa shape index (κ3) is 2.91. The van der Waals surface area contributed by atoms with Crippen molar-refractivity contribution in [2.24, 2.45) is 0 Å². The second-order valence-electron chi connectivity index (χ2n) is 5.71. The highest BCUT2D eigenvalue weighted by Gasteiger charge is 2.27. The van der Waals surface area contributed by atoms with Crippen LogP contribution in [0.3, 0.4) is 0 Å². The second kappa shape index (κ2) is 5.11. The molecule has 0 aliphatic carbocycles. The summed E-state index contributed by atoms with van der Waals surface area (Å²) in [4.78, 5) is 14.5. The highest BCUT2D eigenvalue weighted by Crippen LogP contribution is 2.16. The van der Waals surface area contributed by atoms with Gasteiger partial charge in [0.25, 0.3) is 5.91 Å². The molecule has 0 saturated carbocycles. The molecule has 3 nitrogen and oxygen atoms in total. The van der Waals surface area contributed by atoms with Gasteiger partial charge in [-0.2, -0.15) is 0 Å². The van der Waals surface area contributed by atoms with Crippen LogP contribution in [0.15, 0.2) is 24.3 Å². The van der Waals surface area contributed by atoms with Crippen molar-refractivity contribution in [1.29, 1.82) is 0 Å². The average molecular weight is 246 g/mol. The Morgan fingerprint density at radius 2 is 2.06 bits per heavy atom. The quantitative estimate of drug-likeness (QED) is 0.824. The van der Waals surface area contributed by atoms with Crippen molar-refractivity contribution in [2.45, 2.75) is 32.7 Å². The number of hydrogen-bond donors (Lipinski definition) is 1. The fraction of sp³-hybridized carbons (Fsp3) is 0.533. The van der Waals surface area contributed by atoms with Gasteiger partial charge in [-0.25, -0.2) is 0 Å². The molecule has 0 bridgehead atoms. The third-order valence-electron chi connectivity index (χ3n) is 3.46. The Kier molecular flexibility index (Phi) is 3.71. The molecule has 1 heterocycles. The molecule has 0 unspecified atom stereocenters. The van der Waals surface area contributed by atoms with Crippen LogP contribution in [-0.2, 0) is 0 Å². The molecule has 1 aromatic rings. The molecule has 1 aliphatic heterocycles. The van der Waals surface area contributed by atoms with Gasteiger partial charge in [-0.3, -0.25) is 4.79 Å². The summed E-state index contributed by atoms with van der Waals surface area (Å²) in [5.74, 6) is 0.157. The van der Waals surface area contributed by atoms with Crippen molar-refractivity contribution in [3.63, 3.8) is 0 Å². The van der Waals surface area contributed by atoms with Crippen LogP contribution in [0.5, 0.6) is 0 Å². The lowest BCUT2D eigenvalue weighted by molar-refractivity contribution is 0.0732. The molecule has 18 heavy (non-hydrogen) atoms. The first-order chi connectivity index (χ1) is 8.49. The summed E-state index contributed by atoms with van der Waals surface area (Å²) in [6, 6.07) is 7.82. The van der Waals surface area contributed by atoms with Crippen LogP contribution in [0.2, 0.25) is 0 Å². The van der Waals surface area contributed by atoms with E-state index in [1.54, 1.807) is 0 Å². The Balaban J connectivity index is 2.20. The van der Waals surface area contributed by atoms with Gasteiger partial charge >= 0.3 is 0 Å². The molecule has 0 aromatic heterocycles. The van der Waals surface area contributed by atoms with Crippen molar-refractivity contribution >= 4 is 5.91 Å². The van der Waals surface area contributed by atoms with E-state index >= 15 is 0 Å². The monoisotopic (exact) mass is 246 g/mol. The minimum absolute atomic E-state index is 0.00511. The minimum atomic E-state index is -0.00511. The highest BCUT2D eigenvalue weighted by molar-refractivity contribution is 5.95. The number of amides is 1. The van der Waals surface area contributed by atoms with Crippen LogP contribution in [0.1, 0.15) is 36.2 Å². The summed E-state index contributed by atoms with van der Waals surface area (Å²) >= 11 is 0. The maximum Gasteiger partial charge on any atom is 0.254 e. The number of benzene rings is 1. The van der Waals surface area contributed by atoms with Gasteiger partial charge in [0, 0.05) is 24.2 Å². The molecule has 0 radical (unpaired) electrons. The zero-order valence-electron chi connectivity index (χ0n) is 11.5. The SMILES string of the molecule is Cc1ccccc1C(=O)N1CCCNC(C)(C)C1. The van der Waals surface area contributed by atoms with E-state index in [2.05, 4.69) is 19.2 Å². The van der Waals surface area contributed by atoms with E-state index in [-0.39, 0.29) is 11.4 Å². The molecule has 0 spiro atoms. The molecule has 98 valence electrons. The third-order valence-corrected chi connectivity index (χ3v) is 3.46. The molecular weight excluding hydrogens is 224 g/mol. The summed E-state index contributed by atoms with van der Waals surface area (Å²) < 4.78 is 0. The van der Waals surface area contributed by atoms with Gasteiger partial charge in [-0.1, -0.05) is 18.2 Å². The molecule has 1 fully saturated rings. The standard InChI is InChI=1S/C15H22N2O/c1-12-7-4-5-8-13(12)14(18)17-10-6-9-16-15(2,3)11-17/h4-5,7-8,16H,6,9-11H2,1-3H3. The van der Waals surface area contributed by atoms with E-state index < -0.39 is 0 Å². The molecule has 1 saturated heterocycles. The van der Waals surface area contributed by atoms with Crippen LogP contribution < -0.4 is 5.32 Å². The van der Waals surface area contributed by atoms with Crippen molar-refractivity contribution in [2.75, 3.05) is 19.6 Å². The Bertz CT molecular complexity index is 440. The Morgan fingerprint density at radius 1 is 1.33 bits per heavy atom. The summed E-state index contributed by atoms with van der Waals surface area (Å²) in [6.07, 6.45) is 1.01. The summed E-state index contributed by atoms with van der Waals surface area (Å²) in [7, 11) is 0. The smallest absolute Gasteiger partial charge is 0.254 e. The maximum atomic E-state index is 12.6. The lowest BCUT2D eigenvalue weighted by Crippen LogP contribution is -2.48. The highest BCUT2D eigenvalue weighted by atomic mass is 16.2. The van der Waals surface area contributed by atoms with Crippen molar-refractivity contribution < 1.29 is 4.79 Å². The lowest BCUT2D eigenvalue weighted by atomic mass is 10.0. The van der Waals surface area contributed by atoms with E-state index in [4.69, 9.17) is 0 Å². The lowest BCUT2D eigenvalue weighted by Gasteiger charge is -2.30. The fourth-order valence-corrected chi connectivity index (χ4v) is 2.47. The van der Waals surface area contributed by atoms with Gasteiger partial charge in [-0.15, -0.1) is 0 Å². The summed E-state index contributed by atoms with van der Waals surface area (Å²) in [5, 5.41) is 3.48. The number of carbonyl (C=O) groups excluding carboxylic acids is 1. The Labute approximate surface area is 109 Å². The second-order valence-corrected chi connectivity index (χ2v) is 5.71. The molecule has 1 aromatic carbocycles. The normalized spacial score (nSPS) is 19.4. The van der Waals surface area contributed by atoms with Gasteiger partial charge in [0.1, 0.15) is 0 Å². The van der Waals surface area contributed by atoms with Crippen molar-refractivity contribution in [3.05, 3.63) is 35.4 Å². The molecule has 1 N–H and O–H groups in total. The van der Waals surface area contributed by atoms with Crippen molar-refractivity contribution in [1.82, 2.24) is 10.2 Å². The average Bonchev–Trinajstić information content (AvgIpc) is 2.50. The van der Waals surface area contributed by atoms with Crippen LogP contribution >= 0.6 is 0 Å². The predicted molar refractivity (Wildman–Crippen MR) is 73.8 cm³/mol. The van der Waals surface area contributed by atoms with Gasteiger partial charge in [0.2, 0.25) is 0 Å². The first kappa shape index (κ1) is 13.1. The number of rotatable bonds is 1. The van der Waals surface area contributed by atoms with E-state index in [9.17, 15) is 4.79 Å². The zero-order valence-corrected chi connectivity index (χ0v) is 11.5. The Hall–Kier alpha value is -1.35. The predicted octanol–water partition coefficient (Wildman–Crippen LogP) is 2.21. The van der Waals surface area contributed by atoms with E-state index in [1.807, 2.05) is 36.1 Å². The maximum absolute atomic E-state index is 12.6. The largest absolute Gasteiger partial charge is 0.337 e. The van der Waals surface area contributed by atoms with Crippen LogP contribution in [0, 0.1) is 6.92 Å². The number of nitrogens with one attached hydrogen (secondary N) is 1. The van der Waals surface area contributed by atoms with Gasteiger partial charge in [0.05, 0.1) is 0 Å². The number of hydrogen-bond acceptors (Lipinski definition) is 2. The first-order valence-electron chi connectivity index (χ1n) is 6.59. The molecule has 1 aliphatic rings. The fourth-order valence-electron chi connectivity index (χ4n) is 2.47. The Morgan fingerprint density at radius 3 is 2.78 bits per heavy atom. The molecule has 3 heteroatoms. The van der Waals surface area contributed by atoms with Crippen LogP contribution in [-0.4, -0.2) is 36.0 Å². The first-order valence-corrected chi connectivity index (χ1v) is 6.59. The van der Waals surface area contributed by atoms with E-state index in [0.717, 1.165) is 37.2 Å². The van der Waals surface area contributed by atoms with Gasteiger partial charge < -0.3 is 10.2 Å². The summed E-state index contributed by atoms with van der Waals surface area (Å²) in [5.41, 5.74) is 1.88. The number of nitrogens with zero attached hydrogens (tertiary/aromatic N) is 1. The van der Waals surface area contributed by atoms with Crippen LogP contribution in [0.4, 0.5) is 0 Å².